The van der Waals surface area contributed by atoms with E-state index in [4.69, 9.17) is 0 Å². The minimum atomic E-state index is -0.299. The van der Waals surface area contributed by atoms with E-state index in [1.54, 1.807) is 46.0 Å². The molecular weight excluding hydrogens is 419 g/mol. The Morgan fingerprint density at radius 1 is 0.909 bits per heavy atom. The Kier molecular flexibility index (Phi) is 5.60. The van der Waals surface area contributed by atoms with Crippen LogP contribution in [0, 0.1) is 5.82 Å². The second kappa shape index (κ2) is 8.86. The van der Waals surface area contributed by atoms with Gasteiger partial charge in [-0.3, -0.25) is 14.6 Å². The molecule has 0 atom stereocenters. The topological polar surface area (TPSA) is 58.4 Å². The van der Waals surface area contributed by atoms with Crippen molar-refractivity contribution in [3.8, 4) is 0 Å². The first-order valence-corrected chi connectivity index (χ1v) is 10.9. The fourth-order valence-electron chi connectivity index (χ4n) is 4.32. The summed E-state index contributed by atoms with van der Waals surface area (Å²) in [5.41, 5.74) is 2.89. The summed E-state index contributed by atoms with van der Waals surface area (Å²) in [4.78, 5) is 34.0. The van der Waals surface area contributed by atoms with Crippen LogP contribution in [0.5, 0.6) is 0 Å². The molecule has 0 bridgehead atoms. The monoisotopic (exact) mass is 442 g/mol. The van der Waals surface area contributed by atoms with Crippen LogP contribution >= 0.6 is 0 Å². The summed E-state index contributed by atoms with van der Waals surface area (Å²) in [6, 6.07) is 21.0. The molecule has 1 saturated heterocycles. The molecular formula is C26H23FN4O2. The summed E-state index contributed by atoms with van der Waals surface area (Å²) in [7, 11) is 0. The van der Waals surface area contributed by atoms with Crippen LogP contribution in [-0.2, 0) is 6.54 Å². The Morgan fingerprint density at radius 3 is 2.36 bits per heavy atom. The van der Waals surface area contributed by atoms with Crippen molar-refractivity contribution in [2.24, 2.45) is 0 Å². The Bertz CT molecular complexity index is 1340. The fourth-order valence-corrected chi connectivity index (χ4v) is 4.32. The summed E-state index contributed by atoms with van der Waals surface area (Å²) in [5, 5.41) is 0.976. The summed E-state index contributed by atoms with van der Waals surface area (Å²) in [6.07, 6.45) is 1.62. The summed E-state index contributed by atoms with van der Waals surface area (Å²) in [5.74, 6) is -0.373. The maximum Gasteiger partial charge on any atom is 0.272 e. The third-order valence-electron chi connectivity index (χ3n) is 6.04. The molecule has 0 saturated carbocycles. The second-order valence-corrected chi connectivity index (χ2v) is 8.09. The largest absolute Gasteiger partial charge is 0.367 e. The van der Waals surface area contributed by atoms with Gasteiger partial charge >= 0.3 is 0 Å². The molecule has 1 fully saturated rings. The van der Waals surface area contributed by atoms with E-state index < -0.39 is 0 Å². The maximum absolute atomic E-state index is 13.3. The van der Waals surface area contributed by atoms with E-state index in [0.29, 0.717) is 38.4 Å². The van der Waals surface area contributed by atoms with Crippen LogP contribution in [0.15, 0.2) is 83.8 Å². The molecule has 1 aliphatic rings. The van der Waals surface area contributed by atoms with E-state index in [2.05, 4.69) is 9.88 Å². The molecule has 5 rings (SSSR count). The van der Waals surface area contributed by atoms with Gasteiger partial charge in [-0.2, -0.15) is 0 Å². The van der Waals surface area contributed by atoms with E-state index in [-0.39, 0.29) is 17.3 Å². The Balaban J connectivity index is 1.41. The van der Waals surface area contributed by atoms with Gasteiger partial charge in [-0.15, -0.1) is 0 Å². The molecule has 0 aliphatic carbocycles. The lowest BCUT2D eigenvalue weighted by atomic mass is 10.1. The third-order valence-corrected chi connectivity index (χ3v) is 6.04. The highest BCUT2D eigenvalue weighted by Gasteiger charge is 2.24. The number of pyridine rings is 2. The van der Waals surface area contributed by atoms with Gasteiger partial charge in [0.15, 0.2) is 0 Å². The number of benzene rings is 2. The zero-order chi connectivity index (χ0) is 22.8. The normalized spacial score (nSPS) is 14.0. The molecule has 0 radical (unpaired) electrons. The van der Waals surface area contributed by atoms with E-state index in [1.807, 2.05) is 30.3 Å². The quantitative estimate of drug-likeness (QED) is 0.485. The van der Waals surface area contributed by atoms with Crippen LogP contribution in [0.3, 0.4) is 0 Å². The lowest BCUT2D eigenvalue weighted by Gasteiger charge is -2.36. The number of rotatable bonds is 4. The minimum Gasteiger partial charge on any atom is -0.367 e. The predicted molar refractivity (Wildman–Crippen MR) is 126 cm³/mol. The van der Waals surface area contributed by atoms with Gasteiger partial charge < -0.3 is 14.4 Å². The fraction of sp³-hybridized carbons (Fsp3) is 0.192. The third kappa shape index (κ3) is 4.22. The molecule has 3 heterocycles. The van der Waals surface area contributed by atoms with Gasteiger partial charge in [0.2, 0.25) is 0 Å². The molecule has 1 aliphatic heterocycles. The summed E-state index contributed by atoms with van der Waals surface area (Å²) < 4.78 is 15.0. The summed E-state index contributed by atoms with van der Waals surface area (Å²) in [6.45, 7) is 2.74. The number of fused-ring (bicyclic) bond motifs is 1. The summed E-state index contributed by atoms with van der Waals surface area (Å²) >= 11 is 0. The van der Waals surface area contributed by atoms with Crippen LogP contribution in [-0.4, -0.2) is 46.5 Å². The molecule has 0 unspecified atom stereocenters. The van der Waals surface area contributed by atoms with Crippen LogP contribution < -0.4 is 10.5 Å². The standard InChI is InChI=1S/C26H23FN4O2/c27-20-10-8-19(9-11-20)18-31-23-7-2-1-5-21(23)24(17-25(31)32)29-13-15-30(16-14-29)26(33)22-6-3-4-12-28-22/h1-12,17H,13-16,18H2. The van der Waals surface area contributed by atoms with E-state index >= 15 is 0 Å². The number of amides is 1. The van der Waals surface area contributed by atoms with Crippen LogP contribution in [0.2, 0.25) is 0 Å². The number of para-hydroxylation sites is 1. The van der Waals surface area contributed by atoms with Crippen molar-refractivity contribution in [3.05, 3.63) is 106 Å². The predicted octanol–water partition coefficient (Wildman–Crippen LogP) is 3.55. The number of piperazine rings is 1. The van der Waals surface area contributed by atoms with Gasteiger partial charge in [-0.25, -0.2) is 4.39 Å². The number of nitrogens with zero attached hydrogens (tertiary/aromatic N) is 4. The van der Waals surface area contributed by atoms with Crippen molar-refractivity contribution in [1.29, 1.82) is 0 Å². The average molecular weight is 442 g/mol. The van der Waals surface area contributed by atoms with Gasteiger partial charge in [-0.1, -0.05) is 36.4 Å². The number of hydrogen-bond acceptors (Lipinski definition) is 4. The van der Waals surface area contributed by atoms with E-state index in [9.17, 15) is 14.0 Å². The smallest absolute Gasteiger partial charge is 0.272 e. The molecule has 1 amide bonds. The van der Waals surface area contributed by atoms with Crippen LogP contribution in [0.4, 0.5) is 10.1 Å². The number of anilines is 1. The van der Waals surface area contributed by atoms with Gasteiger partial charge in [0.25, 0.3) is 11.5 Å². The van der Waals surface area contributed by atoms with Crippen molar-refractivity contribution in [3.63, 3.8) is 0 Å². The lowest BCUT2D eigenvalue weighted by Crippen LogP contribution is -2.49. The molecule has 0 N–H and O–H groups in total. The first-order chi connectivity index (χ1) is 16.1. The molecule has 0 spiro atoms. The second-order valence-electron chi connectivity index (χ2n) is 8.09. The molecule has 7 heteroatoms. The molecule has 166 valence electrons. The first-order valence-electron chi connectivity index (χ1n) is 10.9. The highest BCUT2D eigenvalue weighted by molar-refractivity contribution is 5.93. The number of hydrogen-bond donors (Lipinski definition) is 0. The Hall–Kier alpha value is -4.00. The Morgan fingerprint density at radius 2 is 1.64 bits per heavy atom. The highest BCUT2D eigenvalue weighted by Crippen LogP contribution is 2.27. The lowest BCUT2D eigenvalue weighted by molar-refractivity contribution is 0.0741. The van der Waals surface area contributed by atoms with E-state index in [1.165, 1.54) is 12.1 Å². The van der Waals surface area contributed by atoms with Crippen molar-refractivity contribution in [2.75, 3.05) is 31.1 Å². The number of aromatic nitrogens is 2. The molecule has 2 aromatic carbocycles. The van der Waals surface area contributed by atoms with Crippen molar-refractivity contribution < 1.29 is 9.18 Å². The van der Waals surface area contributed by atoms with Gasteiger partial charge in [0.1, 0.15) is 11.5 Å². The van der Waals surface area contributed by atoms with Gasteiger partial charge in [0.05, 0.1) is 17.7 Å². The SMILES string of the molecule is O=C(c1ccccn1)N1CCN(c2cc(=O)n(Cc3ccc(F)cc3)c3ccccc23)CC1. The first kappa shape index (κ1) is 20.9. The van der Waals surface area contributed by atoms with Crippen LogP contribution in [0.25, 0.3) is 10.9 Å². The Labute approximate surface area is 190 Å². The number of carbonyl (C=O) groups excluding carboxylic acids is 1. The molecule has 6 nitrogen and oxygen atoms in total. The molecule has 33 heavy (non-hydrogen) atoms. The van der Waals surface area contributed by atoms with Crippen molar-refractivity contribution >= 4 is 22.5 Å². The average Bonchev–Trinajstić information content (AvgIpc) is 2.87. The zero-order valence-corrected chi connectivity index (χ0v) is 18.0. The van der Waals surface area contributed by atoms with E-state index in [0.717, 1.165) is 22.2 Å². The van der Waals surface area contributed by atoms with Crippen molar-refractivity contribution in [2.45, 2.75) is 6.54 Å². The maximum atomic E-state index is 13.3. The van der Waals surface area contributed by atoms with Crippen LogP contribution in [0.1, 0.15) is 16.1 Å². The van der Waals surface area contributed by atoms with Gasteiger partial charge in [0, 0.05) is 43.8 Å². The van der Waals surface area contributed by atoms with Gasteiger partial charge in [-0.05, 0) is 35.9 Å². The molecule has 2 aromatic heterocycles. The minimum absolute atomic E-state index is 0.0742. The van der Waals surface area contributed by atoms with Crippen molar-refractivity contribution in [1.82, 2.24) is 14.5 Å². The number of halogens is 1. The molecule has 4 aromatic rings. The zero-order valence-electron chi connectivity index (χ0n) is 18.0. The number of carbonyl (C=O) groups is 1. The highest BCUT2D eigenvalue weighted by atomic mass is 19.1.